The van der Waals surface area contributed by atoms with Gasteiger partial charge in [-0.1, -0.05) is 57.2 Å². The first kappa shape index (κ1) is 57.3. The van der Waals surface area contributed by atoms with E-state index in [-0.39, 0.29) is 73.5 Å². The number of amides is 4. The molecule has 5 heterocycles. The van der Waals surface area contributed by atoms with E-state index in [4.69, 9.17) is 14.2 Å². The number of piperazine rings is 1. The Balaban J connectivity index is 0.742. The standard InChI is InChI=1S/C55H68F3N11O8S/c1-34(36-12-14-37(15-13-36)47-35(2)60-33-78-47)61-50(72)43-29-39(70)31-68(43)52(74)48(54(3,4)5)63-46(71)18-24-76-26-27-77-25-23-66-19-21-67(22-20-66)38-16-17-41(45(28-38)75-7)62-53-59-30-44-49(64-53)65(6)42-11-9-8-10-40(42)51(73)69(44)32-55(56,57)58/h8-17,28,30,33-34,39,43,48,70H,18-27,29,31-32H2,1-7H3,(H,61,72)(H,63,71)(H,59,62,64). The van der Waals surface area contributed by atoms with Crippen LogP contribution in [0.2, 0.25) is 0 Å². The molecule has 0 bridgehead atoms. The Morgan fingerprint density at radius 1 is 0.910 bits per heavy atom. The van der Waals surface area contributed by atoms with Crippen molar-refractivity contribution in [2.24, 2.45) is 5.41 Å². The molecule has 4 atom stereocenters. The number of benzene rings is 3. The molecule has 418 valence electrons. The third-order valence-corrected chi connectivity index (χ3v) is 15.0. The number of anilines is 6. The number of aromatic nitrogens is 3. The van der Waals surface area contributed by atoms with Gasteiger partial charge in [-0.25, -0.2) is 9.97 Å². The lowest BCUT2D eigenvalue weighted by atomic mass is 9.85. The summed E-state index contributed by atoms with van der Waals surface area (Å²) >= 11 is 1.57. The predicted octanol–water partition coefficient (Wildman–Crippen LogP) is 6.87. The molecule has 0 spiro atoms. The molecule has 8 rings (SSSR count). The number of rotatable bonds is 20. The molecule has 0 aliphatic carbocycles. The number of nitrogens with one attached hydrogen (secondary N) is 3. The van der Waals surface area contributed by atoms with E-state index in [0.717, 1.165) is 53.6 Å². The number of alkyl halides is 3. The molecule has 5 aromatic rings. The zero-order chi connectivity index (χ0) is 55.9. The fraction of sp³-hybridized carbons (Fsp3) is 0.473. The Morgan fingerprint density at radius 2 is 1.63 bits per heavy atom. The van der Waals surface area contributed by atoms with Crippen LogP contribution in [0.25, 0.3) is 10.4 Å². The van der Waals surface area contributed by atoms with Gasteiger partial charge in [0.1, 0.15) is 30.1 Å². The number of methoxy groups -OCH3 is 1. The van der Waals surface area contributed by atoms with Crippen molar-refractivity contribution in [2.45, 2.75) is 77.9 Å². The summed E-state index contributed by atoms with van der Waals surface area (Å²) in [6.07, 6.45) is -4.24. The number of thiazole rings is 1. The maximum Gasteiger partial charge on any atom is 0.406 e. The fourth-order valence-corrected chi connectivity index (χ4v) is 10.6. The zero-order valence-corrected chi connectivity index (χ0v) is 45.7. The second-order valence-electron chi connectivity index (χ2n) is 20.7. The monoisotopic (exact) mass is 1100 g/mol. The number of aliphatic hydroxyl groups is 1. The van der Waals surface area contributed by atoms with Crippen LogP contribution in [0.5, 0.6) is 5.75 Å². The summed E-state index contributed by atoms with van der Waals surface area (Å²) in [5, 5.41) is 19.7. The Labute approximate surface area is 456 Å². The van der Waals surface area contributed by atoms with E-state index >= 15 is 0 Å². The molecule has 3 aliphatic rings. The highest BCUT2D eigenvalue weighted by molar-refractivity contribution is 7.13. The SMILES string of the molecule is COc1cc(N2CCN(CCOCCOCCC(=O)NC(C(=O)N3CC(O)CC3C(=O)NC(C)c3ccc(-c4scnc4C)cc3)C(C)(C)C)CC2)ccc1Nc1ncc2c(n1)N(C)c1ccccc1C(=O)N2CC(F)(F)F. The molecule has 23 heteroatoms. The first-order chi connectivity index (χ1) is 37.2. The highest BCUT2D eigenvalue weighted by Crippen LogP contribution is 2.41. The molecule has 2 fully saturated rings. The summed E-state index contributed by atoms with van der Waals surface area (Å²) in [6, 6.07) is 17.8. The van der Waals surface area contributed by atoms with Gasteiger partial charge in [-0.2, -0.15) is 18.2 Å². The van der Waals surface area contributed by atoms with E-state index in [9.17, 15) is 37.5 Å². The van der Waals surface area contributed by atoms with Gasteiger partial charge >= 0.3 is 6.18 Å². The minimum absolute atomic E-state index is 0.0113. The summed E-state index contributed by atoms with van der Waals surface area (Å²) in [4.78, 5) is 76.9. The molecular formula is C55H68F3N11O8S. The third kappa shape index (κ3) is 13.8. The van der Waals surface area contributed by atoms with E-state index < -0.39 is 48.1 Å². The molecule has 0 saturated carbocycles. The second-order valence-corrected chi connectivity index (χ2v) is 21.5. The van der Waals surface area contributed by atoms with Gasteiger partial charge in [-0.05, 0) is 54.7 Å². The number of β-amino-alcohol motifs (C(OH)–C–C–N with tert-alkyl or cyclic N) is 1. The lowest BCUT2D eigenvalue weighted by molar-refractivity contribution is -0.144. The van der Waals surface area contributed by atoms with E-state index in [1.165, 1.54) is 24.3 Å². The number of aryl methyl sites for hydroxylation is 1. The number of hydrogen-bond donors (Lipinski definition) is 4. The normalized spacial score (nSPS) is 17.8. The first-order valence-electron chi connectivity index (χ1n) is 25.9. The van der Waals surface area contributed by atoms with Gasteiger partial charge < -0.3 is 50.0 Å². The number of fused-ring (bicyclic) bond motifs is 2. The summed E-state index contributed by atoms with van der Waals surface area (Å²) < 4.78 is 58.5. The summed E-state index contributed by atoms with van der Waals surface area (Å²) in [5.41, 5.74) is 5.91. The molecule has 2 aromatic heterocycles. The van der Waals surface area contributed by atoms with Gasteiger partial charge in [0, 0.05) is 70.9 Å². The number of ether oxygens (including phenoxy) is 3. The topological polar surface area (TPSA) is 207 Å². The lowest BCUT2D eigenvalue weighted by Crippen LogP contribution is -2.58. The average Bonchev–Trinajstić information content (AvgIpc) is 4.05. The summed E-state index contributed by atoms with van der Waals surface area (Å²) in [6.45, 7) is 12.8. The number of halogens is 3. The number of hydrogen-bond acceptors (Lipinski definition) is 16. The molecule has 2 saturated heterocycles. The van der Waals surface area contributed by atoms with Crippen LogP contribution < -0.4 is 35.4 Å². The number of aliphatic hydroxyl groups excluding tert-OH is 1. The minimum atomic E-state index is -4.66. The number of para-hydroxylation sites is 1. The van der Waals surface area contributed by atoms with Gasteiger partial charge in [0.15, 0.2) is 5.82 Å². The largest absolute Gasteiger partial charge is 0.494 e. The highest BCUT2D eigenvalue weighted by atomic mass is 32.1. The maximum absolute atomic E-state index is 14.1. The van der Waals surface area contributed by atoms with Crippen LogP contribution >= 0.6 is 11.3 Å². The van der Waals surface area contributed by atoms with Gasteiger partial charge in [-0.15, -0.1) is 11.3 Å². The molecule has 19 nitrogen and oxygen atoms in total. The highest BCUT2D eigenvalue weighted by Gasteiger charge is 2.45. The number of carbonyl (C=O) groups excluding carboxylic acids is 4. The third-order valence-electron chi connectivity index (χ3n) is 14.1. The Bertz CT molecular complexity index is 2910. The van der Waals surface area contributed by atoms with Gasteiger partial charge in [0.05, 0.1) is 84.9 Å². The van der Waals surface area contributed by atoms with Crippen LogP contribution in [0.1, 0.15) is 68.2 Å². The Hall–Kier alpha value is -6.92. The minimum Gasteiger partial charge on any atom is -0.494 e. The molecule has 3 aromatic carbocycles. The average molecular weight is 1100 g/mol. The van der Waals surface area contributed by atoms with Gasteiger partial charge in [0.2, 0.25) is 23.7 Å². The zero-order valence-electron chi connectivity index (χ0n) is 44.9. The van der Waals surface area contributed by atoms with E-state index in [1.807, 2.05) is 82.6 Å². The van der Waals surface area contributed by atoms with Crippen molar-refractivity contribution in [3.8, 4) is 16.2 Å². The molecule has 78 heavy (non-hydrogen) atoms. The number of likely N-dealkylation sites (tertiary alicyclic amines) is 1. The van der Waals surface area contributed by atoms with E-state index in [2.05, 4.69) is 40.7 Å². The molecule has 4 amide bonds. The maximum atomic E-state index is 14.1. The van der Waals surface area contributed by atoms with Crippen molar-refractivity contribution in [2.75, 3.05) is 106 Å². The molecule has 3 aliphatic heterocycles. The number of nitrogens with zero attached hydrogens (tertiary/aromatic N) is 8. The number of carbonyl (C=O) groups is 4. The van der Waals surface area contributed by atoms with Crippen molar-refractivity contribution in [3.05, 3.63) is 95.3 Å². The second kappa shape index (κ2) is 24.8. The van der Waals surface area contributed by atoms with Crippen molar-refractivity contribution in [1.82, 2.24) is 35.4 Å². The van der Waals surface area contributed by atoms with E-state index in [1.54, 1.807) is 41.5 Å². The van der Waals surface area contributed by atoms with Crippen LogP contribution in [-0.4, -0.2) is 164 Å². The van der Waals surface area contributed by atoms with E-state index in [0.29, 0.717) is 41.8 Å². The quantitative estimate of drug-likeness (QED) is 0.0587. The van der Waals surface area contributed by atoms with Crippen LogP contribution in [-0.2, 0) is 23.9 Å². The van der Waals surface area contributed by atoms with Crippen molar-refractivity contribution in [3.63, 3.8) is 0 Å². The van der Waals surface area contributed by atoms with Crippen LogP contribution in [0, 0.1) is 12.3 Å². The lowest BCUT2D eigenvalue weighted by Gasteiger charge is -2.36. The summed E-state index contributed by atoms with van der Waals surface area (Å²) in [7, 11) is 3.18. The molecule has 4 unspecified atom stereocenters. The molecule has 0 radical (unpaired) electrons. The van der Waals surface area contributed by atoms with Gasteiger partial charge in [0.25, 0.3) is 5.91 Å². The van der Waals surface area contributed by atoms with Crippen molar-refractivity contribution < 1.29 is 51.7 Å². The first-order valence-corrected chi connectivity index (χ1v) is 26.8. The van der Waals surface area contributed by atoms with Crippen molar-refractivity contribution in [1.29, 1.82) is 0 Å². The van der Waals surface area contributed by atoms with Crippen molar-refractivity contribution >= 4 is 69.5 Å². The molecule has 4 N–H and O–H groups in total. The Morgan fingerprint density at radius 3 is 2.31 bits per heavy atom. The predicted molar refractivity (Wildman–Crippen MR) is 292 cm³/mol. The van der Waals surface area contributed by atoms with Crippen LogP contribution in [0.15, 0.2) is 78.4 Å². The summed E-state index contributed by atoms with van der Waals surface area (Å²) in [5.74, 6) is -1.27. The fourth-order valence-electron chi connectivity index (χ4n) is 9.78. The smallest absolute Gasteiger partial charge is 0.406 e. The Kier molecular flexibility index (Phi) is 18.2. The van der Waals surface area contributed by atoms with Crippen LogP contribution in [0.4, 0.5) is 47.7 Å². The molecular weight excluding hydrogens is 1030 g/mol. The van der Waals surface area contributed by atoms with Gasteiger partial charge in [-0.3, -0.25) is 29.0 Å². The van der Waals surface area contributed by atoms with Crippen LogP contribution in [0.3, 0.4) is 0 Å².